The molecule has 82 valence electrons. The molecule has 0 bridgehead atoms. The van der Waals surface area contributed by atoms with Gasteiger partial charge in [-0.25, -0.2) is 0 Å². The molecule has 2 atom stereocenters. The van der Waals surface area contributed by atoms with E-state index in [2.05, 4.69) is 15.5 Å². The van der Waals surface area contributed by atoms with Crippen LogP contribution in [0.15, 0.2) is 12.4 Å². The minimum Gasteiger partial charge on any atom is -0.352 e. The van der Waals surface area contributed by atoms with Crippen molar-refractivity contribution in [3.63, 3.8) is 0 Å². The third kappa shape index (κ3) is 2.56. The Kier molecular flexibility index (Phi) is 3.01. The van der Waals surface area contributed by atoms with E-state index in [1.807, 2.05) is 0 Å². The highest BCUT2D eigenvalue weighted by atomic mass is 16.1. The van der Waals surface area contributed by atoms with Gasteiger partial charge in [-0.1, -0.05) is 0 Å². The van der Waals surface area contributed by atoms with Gasteiger partial charge in [-0.2, -0.15) is 5.10 Å². The van der Waals surface area contributed by atoms with E-state index in [0.717, 1.165) is 24.8 Å². The van der Waals surface area contributed by atoms with Gasteiger partial charge in [0.05, 0.1) is 6.20 Å². The molecular formula is C10H16N4O. The van der Waals surface area contributed by atoms with Crippen LogP contribution in [-0.2, 0) is 11.3 Å². The molecule has 0 aliphatic heterocycles. The van der Waals surface area contributed by atoms with Gasteiger partial charge in [-0.3, -0.25) is 9.89 Å². The molecule has 5 heteroatoms. The first-order chi connectivity index (χ1) is 7.25. The summed E-state index contributed by atoms with van der Waals surface area (Å²) in [6.07, 6.45) is 6.18. The molecule has 1 aromatic heterocycles. The summed E-state index contributed by atoms with van der Waals surface area (Å²) >= 11 is 0. The Hall–Kier alpha value is -1.36. The van der Waals surface area contributed by atoms with Crippen molar-refractivity contribution in [1.29, 1.82) is 0 Å². The van der Waals surface area contributed by atoms with Crippen molar-refractivity contribution >= 4 is 5.91 Å². The SMILES string of the molecule is NC1CCC(C(=O)NCc2cn[nH]c2)C1. The van der Waals surface area contributed by atoms with Crippen LogP contribution in [0, 0.1) is 5.92 Å². The predicted molar refractivity (Wildman–Crippen MR) is 55.8 cm³/mol. The highest BCUT2D eigenvalue weighted by molar-refractivity contribution is 5.78. The molecule has 0 aromatic carbocycles. The molecule has 0 radical (unpaired) electrons. The number of hydrogen-bond donors (Lipinski definition) is 3. The highest BCUT2D eigenvalue weighted by Crippen LogP contribution is 2.24. The molecule has 1 aromatic rings. The summed E-state index contributed by atoms with van der Waals surface area (Å²) in [7, 11) is 0. The fourth-order valence-corrected chi connectivity index (χ4v) is 1.96. The van der Waals surface area contributed by atoms with Crippen molar-refractivity contribution < 1.29 is 4.79 Å². The number of nitrogens with one attached hydrogen (secondary N) is 2. The van der Waals surface area contributed by atoms with Gasteiger partial charge in [0, 0.05) is 30.3 Å². The van der Waals surface area contributed by atoms with Gasteiger partial charge in [0.1, 0.15) is 0 Å². The summed E-state index contributed by atoms with van der Waals surface area (Å²) < 4.78 is 0. The first kappa shape index (κ1) is 10.2. The average Bonchev–Trinajstić information content (AvgIpc) is 2.84. The van der Waals surface area contributed by atoms with Crippen LogP contribution in [0.3, 0.4) is 0 Å². The first-order valence-corrected chi connectivity index (χ1v) is 5.26. The molecule has 1 heterocycles. The fraction of sp³-hybridized carbons (Fsp3) is 0.600. The van der Waals surface area contributed by atoms with Crippen molar-refractivity contribution in [1.82, 2.24) is 15.5 Å². The van der Waals surface area contributed by atoms with Gasteiger partial charge in [-0.15, -0.1) is 0 Å². The molecule has 0 saturated heterocycles. The molecular weight excluding hydrogens is 192 g/mol. The van der Waals surface area contributed by atoms with Crippen molar-refractivity contribution in [2.75, 3.05) is 0 Å². The number of hydrogen-bond acceptors (Lipinski definition) is 3. The second-order valence-electron chi connectivity index (χ2n) is 4.09. The summed E-state index contributed by atoms with van der Waals surface area (Å²) in [5.74, 6) is 0.219. The molecule has 1 fully saturated rings. The van der Waals surface area contributed by atoms with E-state index in [-0.39, 0.29) is 17.9 Å². The monoisotopic (exact) mass is 208 g/mol. The van der Waals surface area contributed by atoms with E-state index in [1.165, 1.54) is 0 Å². The molecule has 0 spiro atoms. The summed E-state index contributed by atoms with van der Waals surface area (Å²) in [5.41, 5.74) is 6.75. The van der Waals surface area contributed by atoms with Crippen LogP contribution in [0.1, 0.15) is 24.8 Å². The van der Waals surface area contributed by atoms with Crippen LogP contribution in [0.4, 0.5) is 0 Å². The second-order valence-corrected chi connectivity index (χ2v) is 4.09. The van der Waals surface area contributed by atoms with Gasteiger partial charge in [-0.05, 0) is 19.3 Å². The quantitative estimate of drug-likeness (QED) is 0.661. The van der Waals surface area contributed by atoms with E-state index in [9.17, 15) is 4.79 Å². The number of aromatic nitrogens is 2. The van der Waals surface area contributed by atoms with Gasteiger partial charge < -0.3 is 11.1 Å². The topological polar surface area (TPSA) is 83.8 Å². The molecule has 1 saturated carbocycles. The van der Waals surface area contributed by atoms with Gasteiger partial charge in [0.2, 0.25) is 5.91 Å². The maximum Gasteiger partial charge on any atom is 0.223 e. The summed E-state index contributed by atoms with van der Waals surface area (Å²) in [4.78, 5) is 11.7. The molecule has 1 aliphatic rings. The number of H-pyrrole nitrogens is 1. The lowest BCUT2D eigenvalue weighted by Crippen LogP contribution is -2.29. The summed E-state index contributed by atoms with van der Waals surface area (Å²) in [5, 5.41) is 9.42. The minimum atomic E-state index is 0.104. The van der Waals surface area contributed by atoms with E-state index in [1.54, 1.807) is 12.4 Å². The zero-order chi connectivity index (χ0) is 10.7. The van der Waals surface area contributed by atoms with Crippen LogP contribution in [-0.4, -0.2) is 22.1 Å². The fourth-order valence-electron chi connectivity index (χ4n) is 1.96. The zero-order valence-corrected chi connectivity index (χ0v) is 8.57. The van der Waals surface area contributed by atoms with E-state index < -0.39 is 0 Å². The van der Waals surface area contributed by atoms with Crippen LogP contribution >= 0.6 is 0 Å². The van der Waals surface area contributed by atoms with Gasteiger partial charge >= 0.3 is 0 Å². The maximum absolute atomic E-state index is 11.7. The smallest absolute Gasteiger partial charge is 0.223 e. The minimum absolute atomic E-state index is 0.104. The summed E-state index contributed by atoms with van der Waals surface area (Å²) in [6, 6.07) is 0.203. The Balaban J connectivity index is 1.78. The standard InChI is InChI=1S/C10H16N4O/c11-9-2-1-8(3-9)10(15)12-4-7-5-13-14-6-7/h5-6,8-9H,1-4,11H2,(H,12,15)(H,13,14). The molecule has 5 nitrogen and oxygen atoms in total. The lowest BCUT2D eigenvalue weighted by atomic mass is 10.1. The van der Waals surface area contributed by atoms with Gasteiger partial charge in [0.15, 0.2) is 0 Å². The van der Waals surface area contributed by atoms with Crippen molar-refractivity contribution in [3.05, 3.63) is 18.0 Å². The Morgan fingerprint density at radius 1 is 1.67 bits per heavy atom. The normalized spacial score (nSPS) is 25.4. The molecule has 2 unspecified atom stereocenters. The average molecular weight is 208 g/mol. The van der Waals surface area contributed by atoms with Crippen LogP contribution in [0.25, 0.3) is 0 Å². The predicted octanol–water partition coefficient (Wildman–Crippen LogP) is 0.153. The van der Waals surface area contributed by atoms with Crippen molar-refractivity contribution in [2.24, 2.45) is 11.7 Å². The lowest BCUT2D eigenvalue weighted by molar-refractivity contribution is -0.125. The maximum atomic E-state index is 11.7. The van der Waals surface area contributed by atoms with Gasteiger partial charge in [0.25, 0.3) is 0 Å². The lowest BCUT2D eigenvalue weighted by Gasteiger charge is -2.09. The van der Waals surface area contributed by atoms with E-state index >= 15 is 0 Å². The Bertz CT molecular complexity index is 322. The number of amides is 1. The Labute approximate surface area is 88.4 Å². The molecule has 15 heavy (non-hydrogen) atoms. The number of carbonyl (C=O) groups excluding carboxylic acids is 1. The third-order valence-electron chi connectivity index (χ3n) is 2.87. The van der Waals surface area contributed by atoms with Crippen molar-refractivity contribution in [2.45, 2.75) is 31.8 Å². The summed E-state index contributed by atoms with van der Waals surface area (Å²) in [6.45, 7) is 0.543. The molecule has 1 aliphatic carbocycles. The van der Waals surface area contributed by atoms with Crippen LogP contribution in [0.2, 0.25) is 0 Å². The number of nitrogens with zero attached hydrogens (tertiary/aromatic N) is 1. The van der Waals surface area contributed by atoms with Crippen LogP contribution in [0.5, 0.6) is 0 Å². The number of aromatic amines is 1. The first-order valence-electron chi connectivity index (χ1n) is 5.26. The number of carbonyl (C=O) groups is 1. The molecule has 1 amide bonds. The number of rotatable bonds is 3. The van der Waals surface area contributed by atoms with E-state index in [4.69, 9.17) is 5.73 Å². The molecule has 4 N–H and O–H groups in total. The zero-order valence-electron chi connectivity index (χ0n) is 8.57. The number of nitrogens with two attached hydrogens (primary N) is 1. The third-order valence-corrected chi connectivity index (χ3v) is 2.87. The van der Waals surface area contributed by atoms with Crippen LogP contribution < -0.4 is 11.1 Å². The second kappa shape index (κ2) is 4.44. The Morgan fingerprint density at radius 2 is 2.53 bits per heavy atom. The van der Waals surface area contributed by atoms with Crippen molar-refractivity contribution in [3.8, 4) is 0 Å². The van der Waals surface area contributed by atoms with E-state index in [0.29, 0.717) is 6.54 Å². The molecule has 2 rings (SSSR count). The highest BCUT2D eigenvalue weighted by Gasteiger charge is 2.27. The largest absolute Gasteiger partial charge is 0.352 e. The Morgan fingerprint density at radius 3 is 3.13 bits per heavy atom.